The molecule has 1 aliphatic carbocycles. The van der Waals surface area contributed by atoms with Gasteiger partial charge >= 0.3 is 0 Å². The summed E-state index contributed by atoms with van der Waals surface area (Å²) in [6.07, 6.45) is 15.3. The summed E-state index contributed by atoms with van der Waals surface area (Å²) >= 11 is 2.34. The Kier molecular flexibility index (Phi) is 4.08. The summed E-state index contributed by atoms with van der Waals surface area (Å²) in [5.41, 5.74) is 1.37. The molecule has 0 saturated heterocycles. The third-order valence-corrected chi connectivity index (χ3v) is 2.62. The predicted octanol–water partition coefficient (Wildman–Crippen LogP) is 3.93. The van der Waals surface area contributed by atoms with Crippen molar-refractivity contribution in [1.82, 2.24) is 0 Å². The lowest BCUT2D eigenvalue weighted by atomic mass is 10.1. The Hall–Kier alpha value is -0.570. The summed E-state index contributed by atoms with van der Waals surface area (Å²) in [6, 6.07) is 0. The van der Waals surface area contributed by atoms with E-state index in [1.165, 1.54) is 9.15 Å². The van der Waals surface area contributed by atoms with Crippen molar-refractivity contribution in [1.29, 1.82) is 0 Å². The lowest BCUT2D eigenvalue weighted by molar-refractivity contribution is 1.26. The largest absolute Gasteiger partial charge is 0.0991 e. The molecule has 0 bridgehead atoms. The Bertz CT molecular complexity index is 277. The molecule has 0 heterocycles. The van der Waals surface area contributed by atoms with Crippen LogP contribution in [0.15, 0.2) is 58.3 Å². The first kappa shape index (κ1) is 9.52. The van der Waals surface area contributed by atoms with Gasteiger partial charge < -0.3 is 0 Å². The zero-order valence-electron chi connectivity index (χ0n) is 6.83. The van der Waals surface area contributed by atoms with Crippen molar-refractivity contribution in [3.05, 3.63) is 58.3 Å². The van der Waals surface area contributed by atoms with E-state index in [9.17, 15) is 0 Å². The lowest BCUT2D eigenvalue weighted by Crippen LogP contribution is -1.82. The molecular formula is C11H11I. The van der Waals surface area contributed by atoms with E-state index >= 15 is 0 Å². The van der Waals surface area contributed by atoms with Gasteiger partial charge in [0.1, 0.15) is 0 Å². The summed E-state index contributed by atoms with van der Waals surface area (Å²) in [7, 11) is 0. The van der Waals surface area contributed by atoms with Gasteiger partial charge in [-0.05, 0) is 40.7 Å². The van der Waals surface area contributed by atoms with Crippen molar-refractivity contribution >= 4 is 22.6 Å². The van der Waals surface area contributed by atoms with Crippen molar-refractivity contribution in [3.8, 4) is 0 Å². The van der Waals surface area contributed by atoms with Crippen LogP contribution < -0.4 is 0 Å². The average Bonchev–Trinajstić information content (AvgIpc) is 2.15. The Morgan fingerprint density at radius 2 is 2.33 bits per heavy atom. The highest BCUT2D eigenvalue weighted by molar-refractivity contribution is 14.1. The average molecular weight is 270 g/mol. The van der Waals surface area contributed by atoms with Crippen LogP contribution in [0.5, 0.6) is 0 Å². The fraction of sp³-hybridized carbons (Fsp3) is 0.0909. The molecule has 0 amide bonds. The highest BCUT2D eigenvalue weighted by Gasteiger charge is 1.97. The molecule has 62 valence electrons. The Morgan fingerprint density at radius 3 is 2.92 bits per heavy atom. The number of halogens is 1. The Balaban J connectivity index is 2.76. The number of hydrogen-bond acceptors (Lipinski definition) is 0. The van der Waals surface area contributed by atoms with Crippen molar-refractivity contribution in [2.75, 3.05) is 0 Å². The van der Waals surface area contributed by atoms with Crippen molar-refractivity contribution in [2.45, 2.75) is 6.42 Å². The van der Waals surface area contributed by atoms with E-state index in [-0.39, 0.29) is 0 Å². The van der Waals surface area contributed by atoms with Gasteiger partial charge in [0, 0.05) is 3.58 Å². The van der Waals surface area contributed by atoms with Crippen LogP contribution in [-0.2, 0) is 0 Å². The summed E-state index contributed by atoms with van der Waals surface area (Å²) < 4.78 is 1.29. The molecule has 12 heavy (non-hydrogen) atoms. The molecule has 1 heteroatoms. The summed E-state index contributed by atoms with van der Waals surface area (Å²) in [6.45, 7) is 3.63. The molecular weight excluding hydrogens is 259 g/mol. The van der Waals surface area contributed by atoms with Gasteiger partial charge in [-0.1, -0.05) is 43.0 Å². The summed E-state index contributed by atoms with van der Waals surface area (Å²) in [4.78, 5) is 0. The first-order valence-corrected chi connectivity index (χ1v) is 4.93. The molecule has 0 unspecified atom stereocenters. The van der Waals surface area contributed by atoms with E-state index in [1.54, 1.807) is 6.08 Å². The van der Waals surface area contributed by atoms with Crippen molar-refractivity contribution in [3.63, 3.8) is 0 Å². The molecule has 0 aromatic carbocycles. The maximum Gasteiger partial charge on any atom is 0.0165 e. The van der Waals surface area contributed by atoms with Crippen molar-refractivity contribution < 1.29 is 0 Å². The van der Waals surface area contributed by atoms with Crippen LogP contribution in [0.4, 0.5) is 0 Å². The normalized spacial score (nSPS) is 20.1. The molecule has 0 atom stereocenters. The molecule has 0 spiro atoms. The maximum atomic E-state index is 3.63. The van der Waals surface area contributed by atoms with Crippen LogP contribution in [0.2, 0.25) is 0 Å². The fourth-order valence-corrected chi connectivity index (χ4v) is 1.56. The molecule has 0 aromatic heterocycles. The second-order valence-corrected chi connectivity index (χ2v) is 3.62. The van der Waals surface area contributed by atoms with Gasteiger partial charge in [0.2, 0.25) is 0 Å². The molecule has 0 aliphatic heterocycles. The summed E-state index contributed by atoms with van der Waals surface area (Å²) in [5, 5.41) is 0. The van der Waals surface area contributed by atoms with Crippen LogP contribution >= 0.6 is 22.6 Å². The minimum atomic E-state index is 1.04. The van der Waals surface area contributed by atoms with E-state index in [0.717, 1.165) is 6.42 Å². The van der Waals surface area contributed by atoms with E-state index in [0.29, 0.717) is 0 Å². The molecule has 0 fully saturated rings. The van der Waals surface area contributed by atoms with Gasteiger partial charge in [0.05, 0.1) is 0 Å². The fourth-order valence-electron chi connectivity index (χ4n) is 0.950. The van der Waals surface area contributed by atoms with E-state index in [4.69, 9.17) is 0 Å². The number of rotatable bonds is 2. The molecule has 1 aliphatic rings. The SMILES string of the molecule is C=C/C=C\C(I)=C1\C=CC=CC1. The second-order valence-electron chi connectivity index (χ2n) is 2.46. The van der Waals surface area contributed by atoms with Crippen LogP contribution in [-0.4, -0.2) is 0 Å². The lowest BCUT2D eigenvalue weighted by Gasteiger charge is -2.02. The molecule has 0 N–H and O–H groups in total. The smallest absolute Gasteiger partial charge is 0.0165 e. The van der Waals surface area contributed by atoms with Crippen molar-refractivity contribution in [2.24, 2.45) is 0 Å². The van der Waals surface area contributed by atoms with Gasteiger partial charge in [0.15, 0.2) is 0 Å². The zero-order valence-corrected chi connectivity index (χ0v) is 8.99. The molecule has 0 radical (unpaired) electrons. The van der Waals surface area contributed by atoms with Gasteiger partial charge in [-0.15, -0.1) is 0 Å². The van der Waals surface area contributed by atoms with Crippen LogP contribution in [0.3, 0.4) is 0 Å². The van der Waals surface area contributed by atoms with Gasteiger partial charge in [0.25, 0.3) is 0 Å². The number of hydrogen-bond donors (Lipinski definition) is 0. The minimum absolute atomic E-state index is 1.04. The summed E-state index contributed by atoms with van der Waals surface area (Å²) in [5.74, 6) is 0. The van der Waals surface area contributed by atoms with Gasteiger partial charge in [-0.3, -0.25) is 0 Å². The van der Waals surface area contributed by atoms with Crippen LogP contribution in [0, 0.1) is 0 Å². The van der Waals surface area contributed by atoms with Gasteiger partial charge in [-0.2, -0.15) is 0 Å². The molecule has 0 nitrogen and oxygen atoms in total. The number of allylic oxidation sites excluding steroid dienone is 9. The predicted molar refractivity (Wildman–Crippen MR) is 63.3 cm³/mol. The van der Waals surface area contributed by atoms with E-state index < -0.39 is 0 Å². The molecule has 0 saturated carbocycles. The highest BCUT2D eigenvalue weighted by atomic mass is 127. The van der Waals surface area contributed by atoms with Crippen LogP contribution in [0.1, 0.15) is 6.42 Å². The van der Waals surface area contributed by atoms with E-state index in [2.05, 4.69) is 59.5 Å². The molecule has 1 rings (SSSR count). The second kappa shape index (κ2) is 5.14. The maximum absolute atomic E-state index is 3.63. The molecule has 0 aromatic rings. The third kappa shape index (κ3) is 2.81. The zero-order chi connectivity index (χ0) is 8.81. The third-order valence-electron chi connectivity index (χ3n) is 1.57. The van der Waals surface area contributed by atoms with E-state index in [1.807, 2.05) is 6.08 Å². The minimum Gasteiger partial charge on any atom is -0.0991 e. The standard InChI is InChI=1S/C11H11I/c1-2-3-9-11(12)10-7-5-4-6-8-10/h2-7,9H,1,8H2/b9-3-,11-10+. The Labute approximate surface area is 87.2 Å². The monoisotopic (exact) mass is 270 g/mol. The first-order chi connectivity index (χ1) is 5.84. The Morgan fingerprint density at radius 1 is 1.50 bits per heavy atom. The topological polar surface area (TPSA) is 0 Å². The highest BCUT2D eigenvalue weighted by Crippen LogP contribution is 2.21. The quantitative estimate of drug-likeness (QED) is 0.526. The van der Waals surface area contributed by atoms with Gasteiger partial charge in [-0.25, -0.2) is 0 Å². The first-order valence-electron chi connectivity index (χ1n) is 3.85. The van der Waals surface area contributed by atoms with Crippen LogP contribution in [0.25, 0.3) is 0 Å².